The minimum absolute atomic E-state index is 0. The van der Waals surface area contributed by atoms with Gasteiger partial charge in [0.15, 0.2) is 0 Å². The Balaban J connectivity index is 0.00000722. The van der Waals surface area contributed by atoms with E-state index in [1.54, 1.807) is 0 Å². The van der Waals surface area contributed by atoms with Crippen LogP contribution in [0.25, 0.3) is 155 Å². The average Bonchev–Trinajstić information content (AvgIpc) is 1.53. The van der Waals surface area contributed by atoms with E-state index in [0.717, 1.165) is 144 Å². The van der Waals surface area contributed by atoms with E-state index < -0.39 is 13.7 Å². The summed E-state index contributed by atoms with van der Waals surface area (Å²) in [5.74, 6) is 1.73. The van der Waals surface area contributed by atoms with Gasteiger partial charge < -0.3 is 22.9 Å². The summed E-state index contributed by atoms with van der Waals surface area (Å²) in [5, 5.41) is 6.25. The van der Waals surface area contributed by atoms with E-state index in [-0.39, 0.29) is 43.2 Å². The first kappa shape index (κ1) is 49.0. The molecule has 0 saturated carbocycles. The number of aromatic nitrogens is 5. The first-order valence-corrected chi connectivity index (χ1v) is 30.6. The molecule has 17 aromatic rings. The minimum atomic E-state index is -2.65. The monoisotopic (exact) mass is 1370 g/mol. The molecule has 0 atom stereocenters. The first-order chi connectivity index (χ1) is 47.0. The second-order valence-electron chi connectivity index (χ2n) is 24.6. The number of benzene rings is 12. The normalized spacial score (nSPS) is 13.3. The molecule has 1 aliphatic rings. The van der Waals surface area contributed by atoms with Crippen molar-refractivity contribution in [2.24, 2.45) is 0 Å². The summed E-state index contributed by atoms with van der Waals surface area (Å²) in [7, 11) is 0. The van der Waals surface area contributed by atoms with E-state index in [2.05, 4.69) is 209 Å². The van der Waals surface area contributed by atoms with E-state index >= 15 is 0 Å². The van der Waals surface area contributed by atoms with E-state index in [0.29, 0.717) is 22.7 Å². The van der Waals surface area contributed by atoms with Crippen molar-refractivity contribution in [1.29, 1.82) is 0 Å². The van der Waals surface area contributed by atoms with Crippen LogP contribution in [0.3, 0.4) is 0 Å². The summed E-state index contributed by atoms with van der Waals surface area (Å²) >= 11 is 0. The molecule has 0 unspecified atom stereocenters. The Hall–Kier alpha value is -10.9. The Morgan fingerprint density at radius 1 is 0.467 bits per heavy atom. The molecule has 92 heavy (non-hydrogen) atoms. The summed E-state index contributed by atoms with van der Waals surface area (Å²) < 4.78 is 75.2. The number of para-hydroxylation sites is 5. The minimum Gasteiger partial charge on any atom is -0.510 e. The molecule has 0 bridgehead atoms. The van der Waals surface area contributed by atoms with Crippen LogP contribution in [0.5, 0.6) is 11.5 Å². The molecule has 5 aromatic heterocycles. The Labute approximate surface area is 555 Å². The van der Waals surface area contributed by atoms with Gasteiger partial charge in [-0.15, -0.1) is 29.7 Å². The summed E-state index contributed by atoms with van der Waals surface area (Å²) in [6, 6.07) is 91.0. The average molecular weight is 1370 g/mol. The van der Waals surface area contributed by atoms with E-state index in [9.17, 15) is 0 Å². The quantitative estimate of drug-likeness (QED) is 0.118. The van der Waals surface area contributed by atoms with Crippen LogP contribution in [0.1, 0.15) is 45.7 Å². The van der Waals surface area contributed by atoms with Crippen LogP contribution in [0.2, 0.25) is 0 Å². The molecule has 18 rings (SSSR count). The maximum atomic E-state index is 8.85. The van der Waals surface area contributed by atoms with Gasteiger partial charge in [-0.05, 0) is 169 Å². The van der Waals surface area contributed by atoms with Crippen molar-refractivity contribution in [1.82, 2.24) is 18.7 Å². The summed E-state index contributed by atoms with van der Waals surface area (Å²) in [5.41, 5.74) is 17.9. The molecular formula is C84H57N5O2Pt-2. The third kappa shape index (κ3) is 8.59. The Kier molecular flexibility index (Phi) is 11.3. The van der Waals surface area contributed by atoms with Crippen LogP contribution < -0.4 is 9.30 Å². The number of nitrogens with zero attached hydrogens (tertiary/aromatic N) is 5. The van der Waals surface area contributed by atoms with Gasteiger partial charge in [0.25, 0.3) is 6.33 Å². The first-order valence-electron chi connectivity index (χ1n) is 33.6. The van der Waals surface area contributed by atoms with Gasteiger partial charge in [0.1, 0.15) is 17.0 Å². The van der Waals surface area contributed by atoms with E-state index in [1.807, 2.05) is 85.1 Å². The molecule has 7 nitrogen and oxygen atoms in total. The predicted molar refractivity (Wildman–Crippen MR) is 370 cm³/mol. The van der Waals surface area contributed by atoms with Crippen LogP contribution in [0, 0.1) is 32.2 Å². The fraction of sp³-hybridized carbons (Fsp3) is 0.0714. The third-order valence-electron chi connectivity index (χ3n) is 18.3. The van der Waals surface area contributed by atoms with Crippen LogP contribution in [0.4, 0.5) is 0 Å². The summed E-state index contributed by atoms with van der Waals surface area (Å²) in [6.07, 6.45) is 5.89. The molecule has 0 N–H and O–H groups in total. The van der Waals surface area contributed by atoms with Crippen LogP contribution in [-0.2, 0) is 26.5 Å². The van der Waals surface area contributed by atoms with Gasteiger partial charge in [0, 0.05) is 74.0 Å². The van der Waals surface area contributed by atoms with E-state index in [1.165, 1.54) is 18.2 Å². The van der Waals surface area contributed by atoms with Crippen molar-refractivity contribution in [3.8, 4) is 90.0 Å². The van der Waals surface area contributed by atoms with Gasteiger partial charge in [-0.25, -0.2) is 4.98 Å². The number of aryl methyl sites for hydroxylation is 2. The molecule has 6 heterocycles. The molecule has 0 radical (unpaired) electrons. The zero-order valence-electron chi connectivity index (χ0n) is 56.1. The molecule has 12 aromatic carbocycles. The molecule has 0 aliphatic carbocycles. The molecule has 0 fully saturated rings. The van der Waals surface area contributed by atoms with Crippen LogP contribution in [0.15, 0.2) is 259 Å². The van der Waals surface area contributed by atoms with Crippen molar-refractivity contribution in [3.63, 3.8) is 0 Å². The molecular weight excluding hydrogens is 1310 g/mol. The number of fused-ring (bicyclic) bond motifs is 16. The van der Waals surface area contributed by atoms with Crippen molar-refractivity contribution in [2.75, 3.05) is 0 Å². The number of imidazole rings is 1. The fourth-order valence-electron chi connectivity index (χ4n) is 14.1. The van der Waals surface area contributed by atoms with E-state index in [4.69, 9.17) is 22.4 Å². The van der Waals surface area contributed by atoms with Gasteiger partial charge in [-0.1, -0.05) is 178 Å². The molecule has 442 valence electrons. The zero-order valence-corrected chi connectivity index (χ0v) is 52.4. The van der Waals surface area contributed by atoms with Gasteiger partial charge in [-0.3, -0.25) is 4.57 Å². The van der Waals surface area contributed by atoms with Gasteiger partial charge in [0.05, 0.1) is 33.4 Å². The molecule has 0 amide bonds. The molecule has 1 aliphatic heterocycles. The second kappa shape index (κ2) is 21.1. The molecule has 0 spiro atoms. The Bertz CT molecular complexity index is 6080. The Morgan fingerprint density at radius 3 is 1.85 bits per heavy atom. The Morgan fingerprint density at radius 2 is 1.09 bits per heavy atom. The summed E-state index contributed by atoms with van der Waals surface area (Å²) in [6.45, 7) is 1.32. The van der Waals surface area contributed by atoms with Gasteiger partial charge in [0.2, 0.25) is 0 Å². The van der Waals surface area contributed by atoms with Crippen molar-refractivity contribution >= 4 is 76.6 Å². The molecule has 8 heteroatoms. The largest absolute Gasteiger partial charge is 0.510 e. The number of furan rings is 1. The second-order valence-corrected chi connectivity index (χ2v) is 24.6. The number of pyridine rings is 1. The maximum Gasteiger partial charge on any atom is 0.268 e. The standard InChI is InChI=1S/C84H57N5O2.Pt/c1-51-19-16-20-52(2)81(51)54-35-38-62-60-23-6-7-24-61(60)71-45-55(53-36-40-79-70(43-53)67-28-11-15-34-78(67)91-79)46-77-83(71)87(82-68(69(62)44-54)29-18-33-75(82)88-72-30-12-8-25-63(72)64-26-9-13-31-73(64)88)50-86(77)57-21-17-22-58(48-57)90-59-37-39-66-65-27-10-14-32-74(65)89(76(66)49-59)80-47-56(41-42-85-80)84(3,4)5;/h6-47H,1-5H3;/q-2;/i1D3,2D3;. The predicted octanol–water partition coefficient (Wildman–Crippen LogP) is 21.1. The van der Waals surface area contributed by atoms with Gasteiger partial charge in [-0.2, -0.15) is 18.2 Å². The number of hydrogen-bond donors (Lipinski definition) is 0. The number of rotatable bonds is 7. The topological polar surface area (TPSA) is 53.9 Å². The fourth-order valence-corrected chi connectivity index (χ4v) is 14.1. The van der Waals surface area contributed by atoms with Crippen LogP contribution in [-0.4, -0.2) is 18.7 Å². The SMILES string of the molecule is [2H]C([2H])([2H])c1cccc(C([2H])([2H])[2H])c1-c1ccc2c(c1)-c1cccc(-n3c4ccccc4c4ccccc43)c1-[n+]1[c-]n(-c3[c-]c(Oc4[c-]c5c(cc4)c4ccccc4n5-c4cc(C(C)(C)C)ccn4)ccc3)c3cc(-c4ccc5oc6ccccc6c5c4)cc(c31)-c1ccccc1-2.[Pt]. The van der Waals surface area contributed by atoms with Crippen molar-refractivity contribution in [2.45, 2.75) is 39.9 Å². The maximum absolute atomic E-state index is 8.85. The third-order valence-corrected chi connectivity index (χ3v) is 18.3. The smallest absolute Gasteiger partial charge is 0.268 e. The van der Waals surface area contributed by atoms with Crippen LogP contribution >= 0.6 is 0 Å². The van der Waals surface area contributed by atoms with Crippen molar-refractivity contribution in [3.05, 3.63) is 290 Å². The zero-order chi connectivity index (χ0) is 65.8. The number of hydrogen-bond acceptors (Lipinski definition) is 3. The molecule has 0 saturated heterocycles. The van der Waals surface area contributed by atoms with Crippen molar-refractivity contribution < 1.29 is 43.0 Å². The number of ether oxygens (including phenoxy) is 1. The van der Waals surface area contributed by atoms with Gasteiger partial charge >= 0.3 is 0 Å². The summed E-state index contributed by atoms with van der Waals surface area (Å²) in [4.78, 5) is 4.93.